The first kappa shape index (κ1) is 14.3. The number of nitrogens with one attached hydrogen (secondary N) is 1. The lowest BCUT2D eigenvalue weighted by Gasteiger charge is -2.05. The monoisotopic (exact) mass is 275 g/mol. The number of rotatable bonds is 6. The van der Waals surface area contributed by atoms with Crippen LogP contribution < -0.4 is 5.32 Å². The summed E-state index contributed by atoms with van der Waals surface area (Å²) in [5.41, 5.74) is 3.08. The van der Waals surface area contributed by atoms with Crippen molar-refractivity contribution in [3.63, 3.8) is 0 Å². The number of hydrogen-bond acceptors (Lipinski definition) is 3. The SMILES string of the molecule is CCn1cc(CNC(=O)CCn2nc(C)cc2C)cn1. The molecule has 0 fully saturated rings. The summed E-state index contributed by atoms with van der Waals surface area (Å²) in [6.07, 6.45) is 4.16. The van der Waals surface area contributed by atoms with E-state index in [0.717, 1.165) is 23.5 Å². The molecule has 0 unspecified atom stereocenters. The second-order valence-corrected chi connectivity index (χ2v) is 4.88. The first-order valence-electron chi connectivity index (χ1n) is 6.87. The lowest BCUT2D eigenvalue weighted by Crippen LogP contribution is -2.24. The minimum absolute atomic E-state index is 0.0294. The Bertz CT molecular complexity index is 584. The molecule has 0 radical (unpaired) electrons. The van der Waals surface area contributed by atoms with Gasteiger partial charge < -0.3 is 5.32 Å². The van der Waals surface area contributed by atoms with Gasteiger partial charge in [-0.3, -0.25) is 14.2 Å². The Kier molecular flexibility index (Phi) is 4.55. The van der Waals surface area contributed by atoms with Crippen LogP contribution in [0.1, 0.15) is 30.3 Å². The van der Waals surface area contributed by atoms with E-state index in [-0.39, 0.29) is 5.91 Å². The Morgan fingerprint density at radius 1 is 1.40 bits per heavy atom. The number of amides is 1. The number of carbonyl (C=O) groups is 1. The molecule has 0 saturated heterocycles. The van der Waals surface area contributed by atoms with E-state index in [9.17, 15) is 4.79 Å². The van der Waals surface area contributed by atoms with E-state index in [1.165, 1.54) is 0 Å². The quantitative estimate of drug-likeness (QED) is 0.867. The normalized spacial score (nSPS) is 10.8. The molecule has 2 aromatic heterocycles. The Labute approximate surface area is 118 Å². The molecule has 0 atom stereocenters. The maximum atomic E-state index is 11.8. The molecular weight excluding hydrogens is 254 g/mol. The summed E-state index contributed by atoms with van der Waals surface area (Å²) < 4.78 is 3.71. The first-order chi connectivity index (χ1) is 9.58. The number of nitrogens with zero attached hydrogens (tertiary/aromatic N) is 4. The highest BCUT2D eigenvalue weighted by Crippen LogP contribution is 2.03. The third-order valence-corrected chi connectivity index (χ3v) is 3.15. The van der Waals surface area contributed by atoms with Crippen molar-refractivity contribution in [2.24, 2.45) is 0 Å². The van der Waals surface area contributed by atoms with E-state index in [1.807, 2.05) is 42.4 Å². The summed E-state index contributed by atoms with van der Waals surface area (Å²) in [6.45, 7) is 7.96. The second kappa shape index (κ2) is 6.36. The van der Waals surface area contributed by atoms with Crippen molar-refractivity contribution in [2.45, 2.75) is 46.8 Å². The molecule has 1 N–H and O–H groups in total. The Morgan fingerprint density at radius 2 is 2.20 bits per heavy atom. The highest BCUT2D eigenvalue weighted by atomic mass is 16.1. The molecule has 2 rings (SSSR count). The molecule has 108 valence electrons. The molecular formula is C14H21N5O. The first-order valence-corrected chi connectivity index (χ1v) is 6.87. The van der Waals surface area contributed by atoms with Crippen molar-refractivity contribution < 1.29 is 4.79 Å². The fraction of sp³-hybridized carbons (Fsp3) is 0.500. The van der Waals surface area contributed by atoms with Gasteiger partial charge in [-0.25, -0.2) is 0 Å². The maximum absolute atomic E-state index is 11.8. The Balaban J connectivity index is 1.76. The highest BCUT2D eigenvalue weighted by molar-refractivity contribution is 5.75. The standard InChI is InChI=1S/C14H21N5O/c1-4-18-10-13(9-16-18)8-15-14(20)5-6-19-12(3)7-11(2)17-19/h7,9-10H,4-6,8H2,1-3H3,(H,15,20). The van der Waals surface area contributed by atoms with Gasteiger partial charge in [0.05, 0.1) is 11.9 Å². The van der Waals surface area contributed by atoms with E-state index in [2.05, 4.69) is 15.5 Å². The van der Waals surface area contributed by atoms with Gasteiger partial charge in [0.1, 0.15) is 0 Å². The predicted molar refractivity (Wildman–Crippen MR) is 76.1 cm³/mol. The van der Waals surface area contributed by atoms with Crippen LogP contribution in [0.25, 0.3) is 0 Å². The molecule has 0 aliphatic heterocycles. The number of hydrogen-bond donors (Lipinski definition) is 1. The summed E-state index contributed by atoms with van der Waals surface area (Å²) in [5, 5.41) is 11.4. The third-order valence-electron chi connectivity index (χ3n) is 3.15. The van der Waals surface area contributed by atoms with Gasteiger partial charge in [-0.2, -0.15) is 10.2 Å². The fourth-order valence-electron chi connectivity index (χ4n) is 2.07. The van der Waals surface area contributed by atoms with Crippen LogP contribution in [0.2, 0.25) is 0 Å². The van der Waals surface area contributed by atoms with Gasteiger partial charge in [-0.1, -0.05) is 0 Å². The van der Waals surface area contributed by atoms with Crippen LogP contribution in [0.5, 0.6) is 0 Å². The average molecular weight is 275 g/mol. The van der Waals surface area contributed by atoms with Crippen LogP contribution in [-0.2, 0) is 24.4 Å². The van der Waals surface area contributed by atoms with E-state index >= 15 is 0 Å². The third kappa shape index (κ3) is 3.69. The van der Waals surface area contributed by atoms with Crippen LogP contribution in [-0.4, -0.2) is 25.5 Å². The van der Waals surface area contributed by atoms with Crippen LogP contribution in [0, 0.1) is 13.8 Å². The molecule has 2 heterocycles. The molecule has 0 aliphatic rings. The molecule has 0 spiro atoms. The van der Waals surface area contributed by atoms with Gasteiger partial charge in [0.2, 0.25) is 5.91 Å². The van der Waals surface area contributed by atoms with Crippen molar-refractivity contribution in [3.8, 4) is 0 Å². The summed E-state index contributed by atoms with van der Waals surface area (Å²) in [4.78, 5) is 11.8. The summed E-state index contributed by atoms with van der Waals surface area (Å²) >= 11 is 0. The largest absolute Gasteiger partial charge is 0.352 e. The van der Waals surface area contributed by atoms with Crippen molar-refractivity contribution in [2.75, 3.05) is 0 Å². The predicted octanol–water partition coefficient (Wildman–Crippen LogP) is 1.42. The van der Waals surface area contributed by atoms with Crippen LogP contribution in [0.4, 0.5) is 0 Å². The minimum atomic E-state index is 0.0294. The van der Waals surface area contributed by atoms with E-state index in [0.29, 0.717) is 19.5 Å². The Morgan fingerprint density at radius 3 is 2.80 bits per heavy atom. The lowest BCUT2D eigenvalue weighted by atomic mass is 10.3. The van der Waals surface area contributed by atoms with Crippen molar-refractivity contribution >= 4 is 5.91 Å². The summed E-state index contributed by atoms with van der Waals surface area (Å²) in [7, 11) is 0. The van der Waals surface area contributed by atoms with Gasteiger partial charge >= 0.3 is 0 Å². The molecule has 1 amide bonds. The number of aromatic nitrogens is 4. The zero-order valence-corrected chi connectivity index (χ0v) is 12.3. The van der Waals surface area contributed by atoms with Gasteiger partial charge in [-0.15, -0.1) is 0 Å². The van der Waals surface area contributed by atoms with Gasteiger partial charge in [-0.05, 0) is 26.8 Å². The van der Waals surface area contributed by atoms with Crippen LogP contribution in [0.15, 0.2) is 18.5 Å². The maximum Gasteiger partial charge on any atom is 0.222 e. The fourth-order valence-corrected chi connectivity index (χ4v) is 2.07. The summed E-state index contributed by atoms with van der Waals surface area (Å²) in [6, 6.07) is 2.01. The molecule has 0 aromatic carbocycles. The zero-order chi connectivity index (χ0) is 14.5. The smallest absolute Gasteiger partial charge is 0.222 e. The number of aryl methyl sites for hydroxylation is 4. The topological polar surface area (TPSA) is 64.7 Å². The van der Waals surface area contributed by atoms with Gasteiger partial charge in [0.25, 0.3) is 0 Å². The van der Waals surface area contributed by atoms with Crippen molar-refractivity contribution in [1.29, 1.82) is 0 Å². The zero-order valence-electron chi connectivity index (χ0n) is 12.3. The molecule has 0 bridgehead atoms. The van der Waals surface area contributed by atoms with Crippen molar-refractivity contribution in [1.82, 2.24) is 24.9 Å². The highest BCUT2D eigenvalue weighted by Gasteiger charge is 2.06. The second-order valence-electron chi connectivity index (χ2n) is 4.88. The van der Waals surface area contributed by atoms with E-state index in [4.69, 9.17) is 0 Å². The molecule has 2 aromatic rings. The van der Waals surface area contributed by atoms with Gasteiger partial charge in [0.15, 0.2) is 0 Å². The van der Waals surface area contributed by atoms with Crippen molar-refractivity contribution in [3.05, 3.63) is 35.4 Å². The molecule has 6 heteroatoms. The van der Waals surface area contributed by atoms with Crippen LogP contribution in [0.3, 0.4) is 0 Å². The van der Waals surface area contributed by atoms with Gasteiger partial charge in [0, 0.05) is 43.5 Å². The molecule has 0 saturated carbocycles. The summed E-state index contributed by atoms with van der Waals surface area (Å²) in [5.74, 6) is 0.0294. The average Bonchev–Trinajstić information content (AvgIpc) is 3.00. The molecule has 0 aliphatic carbocycles. The molecule has 20 heavy (non-hydrogen) atoms. The minimum Gasteiger partial charge on any atom is -0.352 e. The van der Waals surface area contributed by atoms with E-state index in [1.54, 1.807) is 6.20 Å². The van der Waals surface area contributed by atoms with E-state index < -0.39 is 0 Å². The van der Waals surface area contributed by atoms with Crippen LogP contribution >= 0.6 is 0 Å². The number of carbonyl (C=O) groups excluding carboxylic acids is 1. The lowest BCUT2D eigenvalue weighted by molar-refractivity contribution is -0.121. The molecule has 6 nitrogen and oxygen atoms in total. The Hall–Kier alpha value is -2.11.